The summed E-state index contributed by atoms with van der Waals surface area (Å²) in [5, 5.41) is 43.8. The van der Waals surface area contributed by atoms with Crippen molar-refractivity contribution < 1.29 is 25.2 Å². The van der Waals surface area contributed by atoms with Crippen molar-refractivity contribution in [3.05, 3.63) is 36.5 Å². The molecule has 0 bridgehead atoms. The molecule has 4 atom stereocenters. The van der Waals surface area contributed by atoms with Crippen LogP contribution in [0.3, 0.4) is 0 Å². The summed E-state index contributed by atoms with van der Waals surface area (Å²) in [6.45, 7) is 4.05. The molecule has 6 nitrogen and oxygen atoms in total. The Hall–Kier alpha value is -1.47. The summed E-state index contributed by atoms with van der Waals surface area (Å²) in [5.74, 6) is -0.597. The lowest BCUT2D eigenvalue weighted by Crippen LogP contribution is -2.53. The van der Waals surface area contributed by atoms with Crippen LogP contribution in [0.5, 0.6) is 0 Å². The Bertz CT molecular complexity index is 904. The Kier molecular flexibility index (Phi) is 44.4. The number of carbonyl (C=O) groups is 1. The predicted octanol–water partition coefficient (Wildman–Crippen LogP) is 13.7. The zero-order chi connectivity index (χ0) is 41.7. The molecule has 336 valence electrons. The number of nitrogens with one attached hydrogen (secondary N) is 1. The van der Waals surface area contributed by atoms with E-state index in [1.807, 2.05) is 0 Å². The van der Waals surface area contributed by atoms with Crippen LogP contribution in [0.25, 0.3) is 0 Å². The van der Waals surface area contributed by atoms with Gasteiger partial charge in [-0.25, -0.2) is 0 Å². The molecule has 0 saturated carbocycles. The van der Waals surface area contributed by atoms with Crippen LogP contribution in [0.2, 0.25) is 0 Å². The molecule has 1 amide bonds. The second-order valence-electron chi connectivity index (χ2n) is 17.1. The van der Waals surface area contributed by atoms with E-state index in [-0.39, 0.29) is 0 Å². The Morgan fingerprint density at radius 1 is 0.421 bits per heavy atom. The van der Waals surface area contributed by atoms with Crippen LogP contribution in [0.1, 0.15) is 251 Å². The number of rotatable bonds is 45. The summed E-state index contributed by atoms with van der Waals surface area (Å²) >= 11 is 0. The van der Waals surface area contributed by atoms with Gasteiger partial charge in [-0.1, -0.05) is 224 Å². The van der Waals surface area contributed by atoms with Gasteiger partial charge in [-0.3, -0.25) is 4.79 Å². The van der Waals surface area contributed by atoms with Crippen molar-refractivity contribution in [1.82, 2.24) is 5.32 Å². The first kappa shape index (κ1) is 55.5. The highest BCUT2D eigenvalue weighted by molar-refractivity contribution is 5.80. The van der Waals surface area contributed by atoms with Crippen molar-refractivity contribution in [1.29, 1.82) is 0 Å². The molecule has 0 aromatic carbocycles. The molecule has 0 aliphatic heterocycles. The lowest BCUT2D eigenvalue weighted by molar-refractivity contribution is -0.132. The van der Waals surface area contributed by atoms with Crippen LogP contribution in [-0.2, 0) is 4.79 Å². The minimum absolute atomic E-state index is 0.361. The average molecular weight is 804 g/mol. The molecular weight excluding hydrogens is 707 g/mol. The van der Waals surface area contributed by atoms with Crippen LogP contribution in [-0.4, -0.2) is 57.3 Å². The highest BCUT2D eigenvalue weighted by Crippen LogP contribution is 2.16. The Balaban J connectivity index is 3.76. The number of hydrogen-bond donors (Lipinski definition) is 5. The van der Waals surface area contributed by atoms with Gasteiger partial charge >= 0.3 is 0 Å². The second-order valence-corrected chi connectivity index (χ2v) is 17.1. The molecule has 0 saturated heterocycles. The average Bonchev–Trinajstić information content (AvgIpc) is 3.22. The predicted molar refractivity (Wildman–Crippen MR) is 247 cm³/mol. The molecule has 0 radical (unpaired) electrons. The lowest BCUT2D eigenvalue weighted by Gasteiger charge is -2.27. The zero-order valence-electron chi connectivity index (χ0n) is 37.8. The van der Waals surface area contributed by atoms with Gasteiger partial charge in [-0.05, 0) is 64.2 Å². The molecule has 0 aliphatic rings. The minimum atomic E-state index is -1.29. The standard InChI is InChI=1S/C51H97NO5/c1-3-5-7-9-11-13-15-17-19-21-23-24-25-26-27-29-30-32-34-36-38-40-42-44-48(54)50(56)47(46-53)52-51(57)49(55)45-43-41-39-37-35-33-31-28-22-20-18-16-14-12-10-8-6-4-2/h24-25,29-30,36,38,47-50,53-56H,3-23,26-28,31-35,37,39-46H2,1-2H3,(H,52,57)/b25-24+,30-29+,38-36+. The molecule has 0 aromatic rings. The number of allylic oxidation sites excluding steroid dienone is 6. The van der Waals surface area contributed by atoms with Crippen molar-refractivity contribution in [3.8, 4) is 0 Å². The first-order chi connectivity index (χ1) is 28.0. The third kappa shape index (κ3) is 39.7. The summed E-state index contributed by atoms with van der Waals surface area (Å²) in [7, 11) is 0. The highest BCUT2D eigenvalue weighted by atomic mass is 16.3. The van der Waals surface area contributed by atoms with Gasteiger partial charge in [0, 0.05) is 0 Å². The number of unbranched alkanes of at least 4 members (excludes halogenated alkanes) is 30. The Labute approximate surface area is 354 Å². The topological polar surface area (TPSA) is 110 Å². The fourth-order valence-corrected chi connectivity index (χ4v) is 7.61. The molecule has 57 heavy (non-hydrogen) atoms. The maximum absolute atomic E-state index is 12.5. The molecule has 0 fully saturated rings. The number of amides is 1. The van der Waals surface area contributed by atoms with E-state index in [2.05, 4.69) is 55.6 Å². The normalized spacial score (nSPS) is 14.3. The van der Waals surface area contributed by atoms with Crippen LogP contribution in [0.15, 0.2) is 36.5 Å². The van der Waals surface area contributed by atoms with E-state index in [4.69, 9.17) is 0 Å². The van der Waals surface area contributed by atoms with Crippen molar-refractivity contribution >= 4 is 5.91 Å². The number of aliphatic hydroxyl groups excluding tert-OH is 4. The third-order valence-corrected chi connectivity index (χ3v) is 11.6. The molecule has 5 N–H and O–H groups in total. The van der Waals surface area contributed by atoms with Crippen LogP contribution in [0, 0.1) is 0 Å². The minimum Gasteiger partial charge on any atom is -0.394 e. The number of aliphatic hydroxyl groups is 4. The highest BCUT2D eigenvalue weighted by Gasteiger charge is 2.28. The van der Waals surface area contributed by atoms with Crippen molar-refractivity contribution in [3.63, 3.8) is 0 Å². The van der Waals surface area contributed by atoms with Gasteiger partial charge in [0.2, 0.25) is 5.91 Å². The van der Waals surface area contributed by atoms with Gasteiger partial charge in [-0.15, -0.1) is 0 Å². The van der Waals surface area contributed by atoms with Gasteiger partial charge in [0.25, 0.3) is 0 Å². The fourth-order valence-electron chi connectivity index (χ4n) is 7.61. The first-order valence-electron chi connectivity index (χ1n) is 24.9. The summed E-state index contributed by atoms with van der Waals surface area (Å²) in [4.78, 5) is 12.5. The van der Waals surface area contributed by atoms with Gasteiger partial charge in [0.15, 0.2) is 0 Å². The van der Waals surface area contributed by atoms with E-state index in [0.29, 0.717) is 19.3 Å². The Morgan fingerprint density at radius 3 is 1.11 bits per heavy atom. The monoisotopic (exact) mass is 804 g/mol. The second kappa shape index (κ2) is 45.6. The van der Waals surface area contributed by atoms with Crippen LogP contribution in [0.4, 0.5) is 0 Å². The molecular formula is C51H97NO5. The number of carbonyl (C=O) groups excluding carboxylic acids is 1. The van der Waals surface area contributed by atoms with Crippen LogP contribution >= 0.6 is 0 Å². The molecule has 4 unspecified atom stereocenters. The van der Waals surface area contributed by atoms with E-state index >= 15 is 0 Å². The molecule has 0 aliphatic carbocycles. The van der Waals surface area contributed by atoms with Crippen molar-refractivity contribution in [2.24, 2.45) is 0 Å². The molecule has 0 heterocycles. The van der Waals surface area contributed by atoms with Crippen molar-refractivity contribution in [2.75, 3.05) is 6.61 Å². The quantitative estimate of drug-likeness (QED) is 0.0311. The van der Waals surface area contributed by atoms with E-state index < -0.39 is 36.9 Å². The van der Waals surface area contributed by atoms with Gasteiger partial charge in [0.1, 0.15) is 12.2 Å². The van der Waals surface area contributed by atoms with E-state index in [0.717, 1.165) is 51.4 Å². The van der Waals surface area contributed by atoms with Crippen molar-refractivity contribution in [2.45, 2.75) is 276 Å². The maximum atomic E-state index is 12.5. The van der Waals surface area contributed by atoms with Gasteiger partial charge in [-0.2, -0.15) is 0 Å². The molecule has 6 heteroatoms. The summed E-state index contributed by atoms with van der Waals surface area (Å²) < 4.78 is 0. The van der Waals surface area contributed by atoms with E-state index in [1.54, 1.807) is 0 Å². The SMILES string of the molecule is CCCCCCCCCCCC/C=C/CC/C=C/CC/C=C/CCCC(O)C(O)C(CO)NC(=O)C(O)CCCCCCCCCCCCCCCCCCCC. The molecule has 0 rings (SSSR count). The molecule has 0 spiro atoms. The van der Waals surface area contributed by atoms with Crippen LogP contribution < -0.4 is 5.32 Å². The maximum Gasteiger partial charge on any atom is 0.249 e. The van der Waals surface area contributed by atoms with E-state index in [9.17, 15) is 25.2 Å². The third-order valence-electron chi connectivity index (χ3n) is 11.6. The van der Waals surface area contributed by atoms with E-state index in [1.165, 1.54) is 167 Å². The fraction of sp³-hybridized carbons (Fsp3) is 0.863. The summed E-state index contributed by atoms with van der Waals surface area (Å²) in [5.41, 5.74) is 0. The first-order valence-corrected chi connectivity index (χ1v) is 24.9. The van der Waals surface area contributed by atoms with Gasteiger partial charge < -0.3 is 25.7 Å². The number of hydrogen-bond acceptors (Lipinski definition) is 5. The Morgan fingerprint density at radius 2 is 0.737 bits per heavy atom. The zero-order valence-corrected chi connectivity index (χ0v) is 37.8. The van der Waals surface area contributed by atoms with Gasteiger partial charge in [0.05, 0.1) is 18.8 Å². The molecule has 0 aromatic heterocycles. The summed E-state index contributed by atoms with van der Waals surface area (Å²) in [6.07, 6.45) is 54.7. The lowest BCUT2D eigenvalue weighted by atomic mass is 10.00. The smallest absolute Gasteiger partial charge is 0.249 e. The summed E-state index contributed by atoms with van der Waals surface area (Å²) in [6, 6.07) is -1.01. The largest absolute Gasteiger partial charge is 0.394 e.